The second kappa shape index (κ2) is 6.51. The van der Waals surface area contributed by atoms with Crippen LogP contribution in [0.4, 0.5) is 5.69 Å². The monoisotopic (exact) mass is 286 g/mol. The van der Waals surface area contributed by atoms with Gasteiger partial charge in [0.15, 0.2) is 0 Å². The number of aromatic carboxylic acids is 1. The van der Waals surface area contributed by atoms with Crippen LogP contribution in [0.3, 0.4) is 0 Å². The van der Waals surface area contributed by atoms with Crippen LogP contribution >= 0.6 is 0 Å². The lowest BCUT2D eigenvalue weighted by Crippen LogP contribution is -2.06. The van der Waals surface area contributed by atoms with Crippen LogP contribution < -0.4 is 10.1 Å². The third-order valence-corrected chi connectivity index (χ3v) is 2.61. The molecule has 1 aromatic heterocycles. The number of carboxylic acid groups (broad SMARTS) is 1. The van der Waals surface area contributed by atoms with Crippen LogP contribution in [0.5, 0.6) is 5.75 Å². The van der Waals surface area contributed by atoms with Crippen molar-refractivity contribution in [1.29, 1.82) is 0 Å². The molecule has 0 atom stereocenters. The van der Waals surface area contributed by atoms with E-state index in [1.165, 1.54) is 19.2 Å². The average molecular weight is 286 g/mol. The van der Waals surface area contributed by atoms with E-state index in [2.05, 4.69) is 10.3 Å². The summed E-state index contributed by atoms with van der Waals surface area (Å²) in [6.07, 6.45) is 1.29. The van der Waals surface area contributed by atoms with E-state index in [4.69, 9.17) is 9.84 Å². The molecule has 6 heteroatoms. The van der Waals surface area contributed by atoms with E-state index in [9.17, 15) is 9.59 Å². The highest BCUT2D eigenvalue weighted by atomic mass is 16.5. The zero-order valence-electron chi connectivity index (χ0n) is 11.4. The fourth-order valence-corrected chi connectivity index (χ4v) is 1.66. The summed E-state index contributed by atoms with van der Waals surface area (Å²) in [5.74, 6) is -0.582. The molecule has 0 bridgehead atoms. The first-order chi connectivity index (χ1) is 10.0. The van der Waals surface area contributed by atoms with Gasteiger partial charge in [0.2, 0.25) is 5.91 Å². The van der Waals surface area contributed by atoms with E-state index >= 15 is 0 Å². The van der Waals surface area contributed by atoms with Crippen molar-refractivity contribution >= 4 is 17.6 Å². The average Bonchev–Trinajstić information content (AvgIpc) is 2.45. The van der Waals surface area contributed by atoms with E-state index in [0.717, 1.165) is 0 Å². The lowest BCUT2D eigenvalue weighted by Gasteiger charge is -2.08. The Morgan fingerprint density at radius 2 is 2.10 bits per heavy atom. The molecule has 0 aliphatic carbocycles. The van der Waals surface area contributed by atoms with E-state index in [0.29, 0.717) is 17.1 Å². The predicted molar refractivity (Wildman–Crippen MR) is 76.3 cm³/mol. The minimum absolute atomic E-state index is 0.131. The topological polar surface area (TPSA) is 88.5 Å². The van der Waals surface area contributed by atoms with Crippen LogP contribution in [-0.4, -0.2) is 22.0 Å². The molecule has 0 radical (unpaired) electrons. The fourth-order valence-electron chi connectivity index (χ4n) is 1.66. The molecule has 2 N–H and O–H groups in total. The number of anilines is 1. The number of hydrogen-bond donors (Lipinski definition) is 2. The van der Waals surface area contributed by atoms with E-state index < -0.39 is 5.97 Å². The standard InChI is InChI=1S/C15H14N2O4/c1-10(18)17-12-3-2-4-14(7-12)21-9-13-6-5-11(8-16-13)15(19)20/h2-8H,9H2,1H3,(H,17,18)(H,19,20). The highest BCUT2D eigenvalue weighted by molar-refractivity contribution is 5.88. The maximum atomic E-state index is 11.0. The molecule has 0 spiro atoms. The van der Waals surface area contributed by atoms with Crippen molar-refractivity contribution in [3.63, 3.8) is 0 Å². The first-order valence-electron chi connectivity index (χ1n) is 6.23. The van der Waals surface area contributed by atoms with Gasteiger partial charge in [0, 0.05) is 24.9 Å². The Kier molecular flexibility index (Phi) is 4.50. The van der Waals surface area contributed by atoms with Gasteiger partial charge in [-0.05, 0) is 24.3 Å². The Balaban J connectivity index is 1.99. The number of carbonyl (C=O) groups excluding carboxylic acids is 1. The highest BCUT2D eigenvalue weighted by Gasteiger charge is 2.04. The van der Waals surface area contributed by atoms with Crippen LogP contribution in [0.15, 0.2) is 42.6 Å². The zero-order chi connectivity index (χ0) is 15.2. The van der Waals surface area contributed by atoms with E-state index in [1.54, 1.807) is 30.3 Å². The summed E-state index contributed by atoms with van der Waals surface area (Å²) >= 11 is 0. The van der Waals surface area contributed by atoms with Gasteiger partial charge >= 0.3 is 5.97 Å². The van der Waals surface area contributed by atoms with Crippen LogP contribution in [0.2, 0.25) is 0 Å². The molecule has 0 aliphatic heterocycles. The summed E-state index contributed by atoms with van der Waals surface area (Å²) in [5, 5.41) is 11.4. The number of hydrogen-bond acceptors (Lipinski definition) is 4. The molecule has 0 fully saturated rings. The summed E-state index contributed by atoms with van der Waals surface area (Å²) in [6.45, 7) is 1.64. The van der Waals surface area contributed by atoms with Crippen LogP contribution in [-0.2, 0) is 11.4 Å². The summed E-state index contributed by atoms with van der Waals surface area (Å²) in [4.78, 5) is 25.7. The third kappa shape index (κ3) is 4.31. The predicted octanol–water partition coefficient (Wildman–Crippen LogP) is 2.32. The number of benzene rings is 1. The van der Waals surface area contributed by atoms with Crippen molar-refractivity contribution in [1.82, 2.24) is 4.98 Å². The second-order valence-electron chi connectivity index (χ2n) is 4.34. The molecular weight excluding hydrogens is 272 g/mol. The van der Waals surface area contributed by atoms with Gasteiger partial charge in [-0.15, -0.1) is 0 Å². The molecule has 1 amide bonds. The Morgan fingerprint density at radius 1 is 1.29 bits per heavy atom. The molecule has 0 saturated heterocycles. The van der Waals surface area contributed by atoms with Crippen LogP contribution in [0, 0.1) is 0 Å². The van der Waals surface area contributed by atoms with Gasteiger partial charge in [0.25, 0.3) is 0 Å². The van der Waals surface area contributed by atoms with Crippen LogP contribution in [0.25, 0.3) is 0 Å². The van der Waals surface area contributed by atoms with Gasteiger partial charge in [0.1, 0.15) is 12.4 Å². The molecule has 1 aromatic carbocycles. The quantitative estimate of drug-likeness (QED) is 0.880. The maximum Gasteiger partial charge on any atom is 0.337 e. The number of carboxylic acids is 1. The minimum atomic E-state index is -1.02. The minimum Gasteiger partial charge on any atom is -0.487 e. The molecule has 0 unspecified atom stereocenters. The molecule has 2 rings (SSSR count). The van der Waals surface area contributed by atoms with E-state index in [1.807, 2.05) is 0 Å². The number of pyridine rings is 1. The van der Waals surface area contributed by atoms with Gasteiger partial charge in [0.05, 0.1) is 11.3 Å². The summed E-state index contributed by atoms with van der Waals surface area (Å²) < 4.78 is 5.55. The Bertz CT molecular complexity index is 653. The number of ether oxygens (including phenoxy) is 1. The molecule has 21 heavy (non-hydrogen) atoms. The zero-order valence-corrected chi connectivity index (χ0v) is 11.4. The number of nitrogens with one attached hydrogen (secondary N) is 1. The number of amides is 1. The normalized spacial score (nSPS) is 9.95. The smallest absolute Gasteiger partial charge is 0.337 e. The molecule has 0 aliphatic rings. The van der Waals surface area contributed by atoms with Crippen molar-refractivity contribution in [3.05, 3.63) is 53.9 Å². The summed E-state index contributed by atoms with van der Waals surface area (Å²) in [6, 6.07) is 10.1. The first-order valence-corrected chi connectivity index (χ1v) is 6.23. The van der Waals surface area contributed by atoms with Gasteiger partial charge in [-0.3, -0.25) is 9.78 Å². The molecule has 108 valence electrons. The number of rotatable bonds is 5. The fraction of sp³-hybridized carbons (Fsp3) is 0.133. The molecule has 1 heterocycles. The molecule has 2 aromatic rings. The van der Waals surface area contributed by atoms with Crippen LogP contribution in [0.1, 0.15) is 23.0 Å². The SMILES string of the molecule is CC(=O)Nc1cccc(OCc2ccc(C(=O)O)cn2)c1. The van der Waals surface area contributed by atoms with Crippen molar-refractivity contribution < 1.29 is 19.4 Å². The number of aromatic nitrogens is 1. The molecule has 6 nitrogen and oxygen atoms in total. The first kappa shape index (κ1) is 14.5. The second-order valence-corrected chi connectivity index (χ2v) is 4.34. The highest BCUT2D eigenvalue weighted by Crippen LogP contribution is 2.18. The largest absolute Gasteiger partial charge is 0.487 e. The Hall–Kier alpha value is -2.89. The van der Waals surface area contributed by atoms with Gasteiger partial charge in [-0.2, -0.15) is 0 Å². The maximum absolute atomic E-state index is 11.0. The van der Waals surface area contributed by atoms with Gasteiger partial charge in [-0.25, -0.2) is 4.79 Å². The molecular formula is C15H14N2O4. The van der Waals surface area contributed by atoms with Gasteiger partial charge in [-0.1, -0.05) is 6.07 Å². The Labute approximate surface area is 121 Å². The summed E-state index contributed by atoms with van der Waals surface area (Å²) in [7, 11) is 0. The number of carbonyl (C=O) groups is 2. The Morgan fingerprint density at radius 3 is 2.71 bits per heavy atom. The van der Waals surface area contributed by atoms with E-state index in [-0.39, 0.29) is 18.1 Å². The van der Waals surface area contributed by atoms with Crippen molar-refractivity contribution in [3.8, 4) is 5.75 Å². The summed E-state index contributed by atoms with van der Waals surface area (Å²) in [5.41, 5.74) is 1.39. The van der Waals surface area contributed by atoms with Crippen molar-refractivity contribution in [2.75, 3.05) is 5.32 Å². The third-order valence-electron chi connectivity index (χ3n) is 2.61. The lowest BCUT2D eigenvalue weighted by atomic mass is 10.2. The molecule has 0 saturated carbocycles. The lowest BCUT2D eigenvalue weighted by molar-refractivity contribution is -0.114. The van der Waals surface area contributed by atoms with Gasteiger partial charge < -0.3 is 15.2 Å². The van der Waals surface area contributed by atoms with Crippen molar-refractivity contribution in [2.24, 2.45) is 0 Å². The van der Waals surface area contributed by atoms with Crippen molar-refractivity contribution in [2.45, 2.75) is 13.5 Å². The number of nitrogens with zero attached hydrogens (tertiary/aromatic N) is 1.